The molecule has 0 aliphatic heterocycles. The van der Waals surface area contributed by atoms with Crippen molar-refractivity contribution in [1.29, 1.82) is 0 Å². The molecule has 0 aliphatic rings. The maximum Gasteiger partial charge on any atom is 0.451 e. The summed E-state index contributed by atoms with van der Waals surface area (Å²) in [5.41, 5.74) is 0. The Morgan fingerprint density at radius 3 is 1.92 bits per heavy atom. The van der Waals surface area contributed by atoms with Gasteiger partial charge in [0.25, 0.3) is 11.9 Å². The summed E-state index contributed by atoms with van der Waals surface area (Å²) in [6, 6.07) is 0.444. The average Bonchev–Trinajstić information content (AvgIpc) is 1.84. The molecule has 0 saturated carbocycles. The fourth-order valence-electron chi connectivity index (χ4n) is 0.627. The van der Waals surface area contributed by atoms with E-state index in [-0.39, 0.29) is 11.0 Å². The summed E-state index contributed by atoms with van der Waals surface area (Å²) in [5, 5.41) is 0. The third-order valence-electron chi connectivity index (χ3n) is 0.954. The number of hydrogen-bond acceptors (Lipinski definition) is 4. The Balaban J connectivity index is 0. The highest BCUT2D eigenvalue weighted by Gasteiger charge is 2.17. The quantitative estimate of drug-likeness (QED) is 0.495. The van der Waals surface area contributed by atoms with Crippen LogP contribution in [-0.2, 0) is 18.4 Å². The van der Waals surface area contributed by atoms with Crippen LogP contribution in [0.25, 0.3) is 0 Å². The summed E-state index contributed by atoms with van der Waals surface area (Å²) in [6.45, 7) is 6.04. The molecule has 0 atom stereocenters. The fraction of sp³-hybridized carbons (Fsp3) is 0.429. The van der Waals surface area contributed by atoms with Crippen molar-refractivity contribution in [3.05, 3.63) is 12.7 Å². The molecule has 0 aromatic heterocycles. The van der Waals surface area contributed by atoms with E-state index >= 15 is 0 Å². The highest BCUT2D eigenvalue weighted by molar-refractivity contribution is 6.49. The molecule has 0 spiro atoms. The largest absolute Gasteiger partial charge is 0.487 e. The van der Waals surface area contributed by atoms with Crippen molar-refractivity contribution in [3.63, 3.8) is 0 Å². The van der Waals surface area contributed by atoms with Crippen LogP contribution in [0, 0.1) is 0 Å². The van der Waals surface area contributed by atoms with E-state index in [0.29, 0.717) is 6.04 Å². The van der Waals surface area contributed by atoms with Gasteiger partial charge >= 0.3 is 9.28 Å². The zero-order chi connectivity index (χ0) is 9.56. The van der Waals surface area contributed by atoms with E-state index in [4.69, 9.17) is 8.85 Å². The van der Waals surface area contributed by atoms with Gasteiger partial charge in [0.2, 0.25) is 0 Å². The maximum absolute atomic E-state index is 10.5. The van der Waals surface area contributed by atoms with Gasteiger partial charge in [0.15, 0.2) is 0 Å². The molecule has 0 saturated heterocycles. The second-order valence-electron chi connectivity index (χ2n) is 2.17. The molecule has 0 rings (SSSR count). The highest BCUT2D eigenvalue weighted by atomic mass is 28.3. The van der Waals surface area contributed by atoms with Crippen LogP contribution in [0.1, 0.15) is 13.8 Å². The van der Waals surface area contributed by atoms with Crippen molar-refractivity contribution in [1.82, 2.24) is 0 Å². The average molecular weight is 216 g/mol. The first-order valence-corrected chi connectivity index (χ1v) is 5.27. The summed E-state index contributed by atoms with van der Waals surface area (Å²) in [6.07, 6.45) is 1.57. The van der Waals surface area contributed by atoms with Crippen LogP contribution in [0.4, 0.5) is 0 Å². The predicted octanol–water partition coefficient (Wildman–Crippen LogP) is 0.138. The standard InChI is InChI=1S/C7H12O4Si.Si/c1-4-5-12(10-6(2)8)11-7(3)9;/h4,12H,1,5H2,2-3H3;. The summed E-state index contributed by atoms with van der Waals surface area (Å²) < 4.78 is 9.57. The van der Waals surface area contributed by atoms with Crippen LogP contribution in [0.5, 0.6) is 0 Å². The molecule has 13 heavy (non-hydrogen) atoms. The molecule has 4 nitrogen and oxygen atoms in total. The molecule has 72 valence electrons. The molecule has 0 aromatic rings. The van der Waals surface area contributed by atoms with Crippen LogP contribution in [-0.4, -0.2) is 32.2 Å². The molecule has 0 fully saturated rings. The van der Waals surface area contributed by atoms with Crippen molar-refractivity contribution < 1.29 is 18.4 Å². The van der Waals surface area contributed by atoms with Gasteiger partial charge in [-0.25, -0.2) is 0 Å². The van der Waals surface area contributed by atoms with E-state index in [1.165, 1.54) is 13.8 Å². The number of allylic oxidation sites excluding steroid dienone is 1. The monoisotopic (exact) mass is 216 g/mol. The van der Waals surface area contributed by atoms with Crippen LogP contribution in [0.2, 0.25) is 6.04 Å². The molecule has 0 heterocycles. The first-order valence-electron chi connectivity index (χ1n) is 3.51. The fourth-order valence-corrected chi connectivity index (χ4v) is 1.88. The minimum absolute atomic E-state index is 0. The lowest BCUT2D eigenvalue weighted by Crippen LogP contribution is -2.26. The Bertz CT molecular complexity index is 177. The van der Waals surface area contributed by atoms with Crippen LogP contribution >= 0.6 is 0 Å². The third-order valence-corrected chi connectivity index (χ3v) is 2.86. The number of carbonyl (C=O) groups excluding carboxylic acids is 2. The van der Waals surface area contributed by atoms with E-state index in [1.54, 1.807) is 6.08 Å². The first kappa shape index (κ1) is 14.6. The summed E-state index contributed by atoms with van der Waals surface area (Å²) in [5.74, 6) is -0.843. The summed E-state index contributed by atoms with van der Waals surface area (Å²) in [7, 11) is -2.17. The predicted molar refractivity (Wildman–Crippen MR) is 51.4 cm³/mol. The zero-order valence-corrected chi connectivity index (χ0v) is 9.86. The van der Waals surface area contributed by atoms with Crippen molar-refractivity contribution in [3.8, 4) is 0 Å². The summed E-state index contributed by atoms with van der Waals surface area (Å²) >= 11 is 0. The lowest BCUT2D eigenvalue weighted by Gasteiger charge is -2.12. The molecule has 0 aromatic carbocycles. The highest BCUT2D eigenvalue weighted by Crippen LogP contribution is 1.98. The Morgan fingerprint density at radius 1 is 1.31 bits per heavy atom. The van der Waals surface area contributed by atoms with Crippen molar-refractivity contribution >= 4 is 32.2 Å². The lowest BCUT2D eigenvalue weighted by molar-refractivity contribution is -0.137. The number of hydrogen-bond donors (Lipinski definition) is 0. The SMILES string of the molecule is C=CC[SiH](OC(C)=O)OC(C)=O.[Si]. The molecule has 0 amide bonds. The van der Waals surface area contributed by atoms with Crippen molar-refractivity contribution in [2.24, 2.45) is 0 Å². The molecular formula is C7H12O4Si2. The van der Waals surface area contributed by atoms with E-state index in [0.717, 1.165) is 0 Å². The van der Waals surface area contributed by atoms with Gasteiger partial charge in [0, 0.05) is 30.9 Å². The molecule has 0 N–H and O–H groups in total. The van der Waals surface area contributed by atoms with Gasteiger partial charge in [-0.15, -0.1) is 6.58 Å². The van der Waals surface area contributed by atoms with Crippen LogP contribution in [0.15, 0.2) is 12.7 Å². The Morgan fingerprint density at radius 2 is 1.69 bits per heavy atom. The van der Waals surface area contributed by atoms with Gasteiger partial charge in [-0.2, -0.15) is 0 Å². The Hall–Kier alpha value is -0.886. The third kappa shape index (κ3) is 9.02. The molecule has 4 radical (unpaired) electrons. The normalized spacial score (nSPS) is 8.54. The van der Waals surface area contributed by atoms with Crippen molar-refractivity contribution in [2.45, 2.75) is 19.9 Å². The second-order valence-corrected chi connectivity index (χ2v) is 3.97. The topological polar surface area (TPSA) is 52.6 Å². The maximum atomic E-state index is 10.5. The molecule has 0 bridgehead atoms. The molecular weight excluding hydrogens is 204 g/mol. The Labute approximate surface area is 83.8 Å². The van der Waals surface area contributed by atoms with Gasteiger partial charge < -0.3 is 8.85 Å². The minimum Gasteiger partial charge on any atom is -0.487 e. The van der Waals surface area contributed by atoms with Gasteiger partial charge in [0.05, 0.1) is 0 Å². The lowest BCUT2D eigenvalue weighted by atomic mass is 10.8. The van der Waals surface area contributed by atoms with E-state index < -0.39 is 21.2 Å². The first-order chi connectivity index (χ1) is 5.56. The molecule has 0 aliphatic carbocycles. The van der Waals surface area contributed by atoms with Gasteiger partial charge in [-0.3, -0.25) is 9.59 Å². The van der Waals surface area contributed by atoms with E-state index in [1.807, 2.05) is 0 Å². The second kappa shape index (κ2) is 7.75. The van der Waals surface area contributed by atoms with E-state index in [2.05, 4.69) is 6.58 Å². The number of carbonyl (C=O) groups is 2. The van der Waals surface area contributed by atoms with Crippen molar-refractivity contribution in [2.75, 3.05) is 0 Å². The number of rotatable bonds is 4. The minimum atomic E-state index is -2.17. The Kier molecular flexibility index (Phi) is 8.72. The van der Waals surface area contributed by atoms with Gasteiger partial charge in [0.1, 0.15) is 0 Å². The van der Waals surface area contributed by atoms with Crippen LogP contribution < -0.4 is 0 Å². The summed E-state index contributed by atoms with van der Waals surface area (Å²) in [4.78, 5) is 21.0. The van der Waals surface area contributed by atoms with E-state index in [9.17, 15) is 9.59 Å². The zero-order valence-electron chi connectivity index (χ0n) is 7.70. The van der Waals surface area contributed by atoms with Gasteiger partial charge in [-0.05, 0) is 0 Å². The molecule has 0 unspecified atom stereocenters. The smallest absolute Gasteiger partial charge is 0.451 e. The van der Waals surface area contributed by atoms with Gasteiger partial charge in [-0.1, -0.05) is 6.08 Å². The molecule has 6 heteroatoms. The van der Waals surface area contributed by atoms with Crippen LogP contribution in [0.3, 0.4) is 0 Å².